The Bertz CT molecular complexity index is 584. The van der Waals surface area contributed by atoms with Crippen LogP contribution in [-0.4, -0.2) is 9.97 Å². The summed E-state index contributed by atoms with van der Waals surface area (Å²) in [7, 11) is 0. The van der Waals surface area contributed by atoms with Gasteiger partial charge < -0.3 is 10.7 Å². The predicted molar refractivity (Wildman–Crippen MR) is 68.6 cm³/mol. The van der Waals surface area contributed by atoms with Crippen molar-refractivity contribution in [2.45, 2.75) is 0 Å². The van der Waals surface area contributed by atoms with Gasteiger partial charge in [0.2, 0.25) is 0 Å². The smallest absolute Gasteiger partial charge is 0.197 e. The van der Waals surface area contributed by atoms with Crippen LogP contribution in [0.4, 0.5) is 10.3 Å². The average Bonchev–Trinajstić information content (AvgIpc) is 2.75. The second-order valence-corrected chi connectivity index (χ2v) is 3.51. The highest BCUT2D eigenvalue weighted by atomic mass is 19.1. The van der Waals surface area contributed by atoms with E-state index < -0.39 is 0 Å². The van der Waals surface area contributed by atoms with E-state index in [1.54, 1.807) is 18.3 Å². The monoisotopic (exact) mass is 229 g/mol. The highest BCUT2D eigenvalue weighted by Crippen LogP contribution is 2.28. The van der Waals surface area contributed by atoms with Crippen LogP contribution in [0.2, 0.25) is 0 Å². The van der Waals surface area contributed by atoms with Gasteiger partial charge in [-0.25, -0.2) is 9.37 Å². The minimum Gasteiger partial charge on any atom is -0.369 e. The quantitative estimate of drug-likeness (QED) is 0.849. The van der Waals surface area contributed by atoms with Crippen molar-refractivity contribution in [3.05, 3.63) is 48.4 Å². The molecule has 0 aliphatic rings. The third kappa shape index (κ3) is 1.85. The molecule has 1 aromatic carbocycles. The predicted octanol–water partition coefficient (Wildman–Crippen LogP) is 3.08. The molecule has 0 spiro atoms. The maximum Gasteiger partial charge on any atom is 0.197 e. The first kappa shape index (κ1) is 11.1. The third-order valence-electron chi connectivity index (χ3n) is 2.53. The Labute approximate surface area is 98.5 Å². The van der Waals surface area contributed by atoms with E-state index >= 15 is 0 Å². The number of halogens is 1. The number of imidazole rings is 1. The second kappa shape index (κ2) is 4.25. The number of hydrogen-bond acceptors (Lipinski definition) is 2. The van der Waals surface area contributed by atoms with E-state index in [0.29, 0.717) is 17.1 Å². The molecule has 0 amide bonds. The second-order valence-electron chi connectivity index (χ2n) is 3.51. The summed E-state index contributed by atoms with van der Waals surface area (Å²) in [6.07, 6.45) is 4.66. The summed E-state index contributed by atoms with van der Waals surface area (Å²) in [5.41, 5.74) is 8.13. The van der Waals surface area contributed by atoms with Crippen LogP contribution in [0.15, 0.2) is 31.5 Å². The number of rotatable bonds is 3. The highest BCUT2D eigenvalue weighted by Gasteiger charge is 2.11. The van der Waals surface area contributed by atoms with Crippen molar-refractivity contribution in [2.75, 3.05) is 5.73 Å². The lowest BCUT2D eigenvalue weighted by atomic mass is 9.98. The van der Waals surface area contributed by atoms with Gasteiger partial charge in [0.1, 0.15) is 5.82 Å². The lowest BCUT2D eigenvalue weighted by Gasteiger charge is -2.08. The summed E-state index contributed by atoms with van der Waals surface area (Å²) in [6.45, 7) is 7.30. The van der Waals surface area contributed by atoms with Crippen LogP contribution in [-0.2, 0) is 0 Å². The number of H-pyrrole nitrogens is 1. The molecule has 3 nitrogen and oxygen atoms in total. The molecule has 0 fully saturated rings. The molecule has 2 rings (SSSR count). The molecule has 3 N–H and O–H groups in total. The molecule has 0 saturated carbocycles. The van der Waals surface area contributed by atoms with Gasteiger partial charge in [-0.2, -0.15) is 0 Å². The molecule has 0 bridgehead atoms. The van der Waals surface area contributed by atoms with Crippen molar-refractivity contribution in [2.24, 2.45) is 0 Å². The summed E-state index contributed by atoms with van der Waals surface area (Å²) in [5, 5.41) is 0. The number of aromatic nitrogens is 2. The Morgan fingerprint density at radius 1 is 1.24 bits per heavy atom. The molecule has 86 valence electrons. The van der Waals surface area contributed by atoms with Gasteiger partial charge in [-0.15, -0.1) is 0 Å². The molecule has 4 heteroatoms. The molecule has 0 aliphatic carbocycles. The fourth-order valence-corrected chi connectivity index (χ4v) is 1.75. The van der Waals surface area contributed by atoms with Gasteiger partial charge in [-0.3, -0.25) is 0 Å². The van der Waals surface area contributed by atoms with Crippen LogP contribution in [0.5, 0.6) is 0 Å². The van der Waals surface area contributed by atoms with Gasteiger partial charge >= 0.3 is 0 Å². The number of nitrogens with two attached hydrogens (primary N) is 1. The average molecular weight is 229 g/mol. The third-order valence-corrected chi connectivity index (χ3v) is 2.53. The lowest BCUT2D eigenvalue weighted by Crippen LogP contribution is -1.92. The van der Waals surface area contributed by atoms with Gasteiger partial charge in [0.25, 0.3) is 0 Å². The van der Waals surface area contributed by atoms with Crippen molar-refractivity contribution in [3.8, 4) is 11.3 Å². The first-order chi connectivity index (χ1) is 8.17. The zero-order valence-corrected chi connectivity index (χ0v) is 9.20. The van der Waals surface area contributed by atoms with Crippen LogP contribution in [0, 0.1) is 5.82 Å². The van der Waals surface area contributed by atoms with Crippen LogP contribution in [0.25, 0.3) is 23.4 Å². The fraction of sp³-hybridized carbons (Fsp3) is 0. The number of nitrogen functional groups attached to an aromatic ring is 1. The summed E-state index contributed by atoms with van der Waals surface area (Å²) < 4.78 is 13.6. The van der Waals surface area contributed by atoms with E-state index in [1.807, 2.05) is 0 Å². The molecular formula is C13H12FN3. The standard InChI is InChI=1S/C13H12FN3/c1-3-8-9(4-2)11(14)6-5-10(8)12-7-16-13(15)17-12/h3-7H,1-2H2,(H3,15,16,17). The molecule has 1 heterocycles. The van der Waals surface area contributed by atoms with E-state index in [9.17, 15) is 4.39 Å². The number of nitrogens with one attached hydrogen (secondary N) is 1. The van der Waals surface area contributed by atoms with Crippen LogP contribution >= 0.6 is 0 Å². The molecule has 0 saturated heterocycles. The van der Waals surface area contributed by atoms with Crippen molar-refractivity contribution in [1.29, 1.82) is 0 Å². The zero-order chi connectivity index (χ0) is 12.4. The van der Waals surface area contributed by atoms with Crippen LogP contribution in [0.3, 0.4) is 0 Å². The van der Waals surface area contributed by atoms with Crippen LogP contribution < -0.4 is 5.73 Å². The SMILES string of the molecule is C=Cc1c(F)ccc(-c2cnc(N)[nH]2)c1C=C. The molecule has 17 heavy (non-hydrogen) atoms. The van der Waals surface area contributed by atoms with Gasteiger partial charge in [0.05, 0.1) is 11.9 Å². The van der Waals surface area contributed by atoms with Gasteiger partial charge in [0, 0.05) is 11.1 Å². The number of benzene rings is 1. The highest BCUT2D eigenvalue weighted by molar-refractivity contribution is 5.79. The Balaban J connectivity index is 2.70. The number of nitrogens with zero attached hydrogens (tertiary/aromatic N) is 1. The summed E-state index contributed by atoms with van der Waals surface area (Å²) in [4.78, 5) is 6.81. The minimum absolute atomic E-state index is 0.319. The Hall–Kier alpha value is -2.36. The van der Waals surface area contributed by atoms with Crippen molar-refractivity contribution in [3.63, 3.8) is 0 Å². The molecule has 0 atom stereocenters. The Morgan fingerprint density at radius 2 is 1.94 bits per heavy atom. The van der Waals surface area contributed by atoms with Crippen LogP contribution in [0.1, 0.15) is 11.1 Å². The normalized spacial score (nSPS) is 10.2. The summed E-state index contributed by atoms with van der Waals surface area (Å²) in [6, 6.07) is 3.04. The minimum atomic E-state index is -0.328. The van der Waals surface area contributed by atoms with Crippen molar-refractivity contribution >= 4 is 18.1 Å². The van der Waals surface area contributed by atoms with Gasteiger partial charge in [-0.05, 0) is 17.7 Å². The van der Waals surface area contributed by atoms with Crippen molar-refractivity contribution < 1.29 is 4.39 Å². The summed E-state index contributed by atoms with van der Waals surface area (Å²) in [5.74, 6) is -0.00868. The van der Waals surface area contributed by atoms with Gasteiger partial charge in [0.15, 0.2) is 5.95 Å². The maximum atomic E-state index is 13.6. The largest absolute Gasteiger partial charge is 0.369 e. The zero-order valence-electron chi connectivity index (χ0n) is 9.20. The Kier molecular flexibility index (Phi) is 2.78. The number of hydrogen-bond donors (Lipinski definition) is 2. The molecule has 0 aliphatic heterocycles. The topological polar surface area (TPSA) is 54.7 Å². The van der Waals surface area contributed by atoms with E-state index in [4.69, 9.17) is 5.73 Å². The van der Waals surface area contributed by atoms with Crippen molar-refractivity contribution in [1.82, 2.24) is 9.97 Å². The van der Waals surface area contributed by atoms with E-state index in [2.05, 4.69) is 23.1 Å². The maximum absolute atomic E-state index is 13.6. The lowest BCUT2D eigenvalue weighted by molar-refractivity contribution is 0.625. The Morgan fingerprint density at radius 3 is 2.47 bits per heavy atom. The van der Waals surface area contributed by atoms with E-state index in [-0.39, 0.29) is 5.82 Å². The number of aromatic amines is 1. The first-order valence-electron chi connectivity index (χ1n) is 5.05. The molecule has 2 aromatic rings. The van der Waals surface area contributed by atoms with E-state index in [1.165, 1.54) is 12.1 Å². The summed E-state index contributed by atoms with van der Waals surface area (Å²) >= 11 is 0. The number of anilines is 1. The molecule has 0 radical (unpaired) electrons. The molecular weight excluding hydrogens is 217 g/mol. The fourth-order valence-electron chi connectivity index (χ4n) is 1.75. The molecule has 0 unspecified atom stereocenters. The van der Waals surface area contributed by atoms with Gasteiger partial charge in [-0.1, -0.05) is 25.3 Å². The first-order valence-corrected chi connectivity index (χ1v) is 5.05. The molecule has 1 aromatic heterocycles. The van der Waals surface area contributed by atoms with E-state index in [0.717, 1.165) is 11.3 Å².